The van der Waals surface area contributed by atoms with Crippen LogP contribution in [0.3, 0.4) is 0 Å². The van der Waals surface area contributed by atoms with Gasteiger partial charge in [0.05, 0.1) is 11.7 Å². The third-order valence-corrected chi connectivity index (χ3v) is 3.33. The molecule has 0 spiro atoms. The molecule has 17 heavy (non-hydrogen) atoms. The lowest BCUT2D eigenvalue weighted by Gasteiger charge is -2.13. The maximum Gasteiger partial charge on any atom is 0.186 e. The third-order valence-electron chi connectivity index (χ3n) is 2.37. The van der Waals surface area contributed by atoms with Crippen molar-refractivity contribution in [3.63, 3.8) is 0 Å². The molecule has 0 aliphatic heterocycles. The number of nitrogens with one attached hydrogen (secondary N) is 1. The molecule has 0 aromatic carbocycles. The van der Waals surface area contributed by atoms with Crippen LogP contribution in [0.2, 0.25) is 0 Å². The highest BCUT2D eigenvalue weighted by atomic mass is 32.1. The summed E-state index contributed by atoms with van der Waals surface area (Å²) < 4.78 is 13.9. The van der Waals surface area contributed by atoms with Crippen molar-refractivity contribution in [2.24, 2.45) is 0 Å². The van der Waals surface area contributed by atoms with Crippen molar-refractivity contribution in [3.8, 4) is 0 Å². The van der Waals surface area contributed by atoms with E-state index in [1.54, 1.807) is 6.20 Å². The summed E-state index contributed by atoms with van der Waals surface area (Å²) in [6.45, 7) is 3.78. The minimum absolute atomic E-state index is 0.0656. The topological polar surface area (TPSA) is 50.7 Å². The lowest BCUT2D eigenvalue weighted by molar-refractivity contribution is 0.594. The van der Waals surface area contributed by atoms with Crippen molar-refractivity contribution in [2.75, 3.05) is 5.32 Å². The Kier molecular flexibility index (Phi) is 3.63. The molecule has 1 unspecified atom stereocenters. The van der Waals surface area contributed by atoms with Gasteiger partial charge in [0.15, 0.2) is 11.6 Å². The molecule has 0 amide bonds. The van der Waals surface area contributed by atoms with E-state index >= 15 is 0 Å². The van der Waals surface area contributed by atoms with Crippen LogP contribution in [0.5, 0.6) is 0 Å². The van der Waals surface area contributed by atoms with E-state index in [1.165, 1.54) is 17.7 Å². The zero-order valence-corrected chi connectivity index (χ0v) is 10.5. The Labute approximate surface area is 103 Å². The molecule has 0 saturated heterocycles. The van der Waals surface area contributed by atoms with Gasteiger partial charge in [-0.3, -0.25) is 0 Å². The minimum Gasteiger partial charge on any atom is -0.359 e. The van der Waals surface area contributed by atoms with Gasteiger partial charge in [-0.2, -0.15) is 0 Å². The van der Waals surface area contributed by atoms with E-state index < -0.39 is 0 Å². The van der Waals surface area contributed by atoms with Crippen molar-refractivity contribution in [1.82, 2.24) is 15.0 Å². The highest BCUT2D eigenvalue weighted by Gasteiger charge is 2.14. The van der Waals surface area contributed by atoms with Crippen LogP contribution in [-0.2, 0) is 6.42 Å². The van der Waals surface area contributed by atoms with Gasteiger partial charge < -0.3 is 5.32 Å². The number of aromatic nitrogens is 3. The number of hydrogen-bond donors (Lipinski definition) is 1. The van der Waals surface area contributed by atoms with Gasteiger partial charge in [0, 0.05) is 11.6 Å². The molecule has 2 aromatic rings. The Balaban J connectivity index is 2.19. The molecule has 6 heteroatoms. The predicted octanol–water partition coefficient (Wildman–Crippen LogP) is 2.81. The standard InChI is InChI=1S/C11H13FN4S/c1-3-8-9(12)10(15-6-14-8)16-7(2)11-13-4-5-17-11/h4-7H,3H2,1-2H3,(H,14,15,16). The molecule has 0 saturated carbocycles. The third kappa shape index (κ3) is 2.58. The zero-order chi connectivity index (χ0) is 12.3. The fourth-order valence-corrected chi connectivity index (χ4v) is 2.11. The Bertz CT molecular complexity index is 486. The van der Waals surface area contributed by atoms with Gasteiger partial charge in [0.2, 0.25) is 0 Å². The van der Waals surface area contributed by atoms with Crippen LogP contribution < -0.4 is 5.32 Å². The van der Waals surface area contributed by atoms with Gasteiger partial charge >= 0.3 is 0 Å². The lowest BCUT2D eigenvalue weighted by atomic mass is 10.3. The van der Waals surface area contributed by atoms with Crippen LogP contribution in [0.1, 0.15) is 30.6 Å². The number of nitrogens with zero attached hydrogens (tertiary/aromatic N) is 3. The van der Waals surface area contributed by atoms with Crippen LogP contribution >= 0.6 is 11.3 Å². The summed E-state index contributed by atoms with van der Waals surface area (Å²) in [7, 11) is 0. The minimum atomic E-state index is -0.376. The summed E-state index contributed by atoms with van der Waals surface area (Å²) in [4.78, 5) is 12.0. The second-order valence-electron chi connectivity index (χ2n) is 3.57. The SMILES string of the molecule is CCc1ncnc(NC(C)c2nccs2)c1F. The first-order valence-electron chi connectivity index (χ1n) is 5.37. The first-order chi connectivity index (χ1) is 8.22. The molecule has 0 aliphatic rings. The fraction of sp³-hybridized carbons (Fsp3) is 0.364. The summed E-state index contributed by atoms with van der Waals surface area (Å²) >= 11 is 1.53. The largest absolute Gasteiger partial charge is 0.359 e. The van der Waals surface area contributed by atoms with Gasteiger partial charge in [-0.1, -0.05) is 6.92 Å². The molecule has 0 radical (unpaired) electrons. The molecule has 0 aliphatic carbocycles. The molecule has 0 fully saturated rings. The summed E-state index contributed by atoms with van der Waals surface area (Å²) in [5.41, 5.74) is 0.425. The average Bonchev–Trinajstić information content (AvgIpc) is 2.85. The number of thiazole rings is 1. The van der Waals surface area contributed by atoms with E-state index in [4.69, 9.17) is 0 Å². The Hall–Kier alpha value is -1.56. The Morgan fingerprint density at radius 1 is 1.41 bits per heavy atom. The molecule has 90 valence electrons. The number of aryl methyl sites for hydroxylation is 1. The van der Waals surface area contributed by atoms with Gasteiger partial charge in [-0.05, 0) is 13.3 Å². The van der Waals surface area contributed by atoms with Crippen molar-refractivity contribution < 1.29 is 4.39 Å². The van der Waals surface area contributed by atoms with Crippen LogP contribution in [-0.4, -0.2) is 15.0 Å². The number of rotatable bonds is 4. The molecule has 1 atom stereocenters. The second-order valence-corrected chi connectivity index (χ2v) is 4.50. The van der Waals surface area contributed by atoms with E-state index in [-0.39, 0.29) is 17.7 Å². The Morgan fingerprint density at radius 2 is 2.24 bits per heavy atom. The van der Waals surface area contributed by atoms with Crippen molar-refractivity contribution in [1.29, 1.82) is 0 Å². The van der Waals surface area contributed by atoms with Crippen molar-refractivity contribution in [2.45, 2.75) is 26.3 Å². The second kappa shape index (κ2) is 5.18. The smallest absolute Gasteiger partial charge is 0.186 e. The highest BCUT2D eigenvalue weighted by Crippen LogP contribution is 2.22. The molecular weight excluding hydrogens is 239 g/mol. The van der Waals surface area contributed by atoms with Crippen LogP contribution in [0.15, 0.2) is 17.9 Å². The first kappa shape index (κ1) is 11.9. The van der Waals surface area contributed by atoms with Gasteiger partial charge in [0.1, 0.15) is 11.3 Å². The quantitative estimate of drug-likeness (QED) is 0.909. The molecule has 1 N–H and O–H groups in total. The van der Waals surface area contributed by atoms with Crippen LogP contribution in [0.4, 0.5) is 10.2 Å². The van der Waals surface area contributed by atoms with Gasteiger partial charge in [0.25, 0.3) is 0 Å². The summed E-state index contributed by atoms with van der Waals surface area (Å²) in [6, 6.07) is -0.0656. The Morgan fingerprint density at radius 3 is 2.88 bits per heavy atom. The fourth-order valence-electron chi connectivity index (χ4n) is 1.47. The number of anilines is 1. The monoisotopic (exact) mass is 252 g/mol. The van der Waals surface area contributed by atoms with Crippen molar-refractivity contribution in [3.05, 3.63) is 34.4 Å². The molecule has 2 heterocycles. The van der Waals surface area contributed by atoms with Crippen LogP contribution in [0, 0.1) is 5.82 Å². The predicted molar refractivity (Wildman–Crippen MR) is 65.5 cm³/mol. The molecule has 2 rings (SSSR count). The van der Waals surface area contributed by atoms with Crippen LogP contribution in [0.25, 0.3) is 0 Å². The summed E-state index contributed by atoms with van der Waals surface area (Å²) in [5, 5.41) is 5.80. The zero-order valence-electron chi connectivity index (χ0n) is 9.64. The maximum atomic E-state index is 13.9. The number of halogens is 1. The molecular formula is C11H13FN4S. The normalized spacial score (nSPS) is 12.4. The lowest BCUT2D eigenvalue weighted by Crippen LogP contribution is -2.11. The maximum absolute atomic E-state index is 13.9. The van der Waals surface area contributed by atoms with E-state index in [0.29, 0.717) is 12.1 Å². The van der Waals surface area contributed by atoms with Gasteiger partial charge in [-0.15, -0.1) is 11.3 Å². The van der Waals surface area contributed by atoms with Crippen molar-refractivity contribution >= 4 is 17.2 Å². The van der Waals surface area contributed by atoms with E-state index in [0.717, 1.165) is 5.01 Å². The molecule has 2 aromatic heterocycles. The number of hydrogen-bond acceptors (Lipinski definition) is 5. The van der Waals surface area contributed by atoms with E-state index in [1.807, 2.05) is 19.2 Å². The highest BCUT2D eigenvalue weighted by molar-refractivity contribution is 7.09. The molecule has 4 nitrogen and oxygen atoms in total. The average molecular weight is 252 g/mol. The van der Waals surface area contributed by atoms with E-state index in [9.17, 15) is 4.39 Å². The summed E-state index contributed by atoms with van der Waals surface area (Å²) in [5.74, 6) is -0.141. The molecule has 0 bridgehead atoms. The summed E-state index contributed by atoms with van der Waals surface area (Å²) in [6.07, 6.45) is 3.65. The first-order valence-corrected chi connectivity index (χ1v) is 6.25. The van der Waals surface area contributed by atoms with Gasteiger partial charge in [-0.25, -0.2) is 19.3 Å². The van der Waals surface area contributed by atoms with E-state index in [2.05, 4.69) is 20.3 Å².